The van der Waals surface area contributed by atoms with Crippen LogP contribution in [0.3, 0.4) is 0 Å². The Kier molecular flexibility index (Phi) is 5.31. The zero-order chi connectivity index (χ0) is 15.2. The Labute approximate surface area is 127 Å². The van der Waals surface area contributed by atoms with Gasteiger partial charge in [-0.25, -0.2) is 4.39 Å². The summed E-state index contributed by atoms with van der Waals surface area (Å²) < 4.78 is 13.5. The number of carbonyl (C=O) groups excluding carboxylic acids is 1. The van der Waals surface area contributed by atoms with Crippen LogP contribution in [0.4, 0.5) is 4.39 Å². The lowest BCUT2D eigenvalue weighted by molar-refractivity contribution is 0.0948. The first kappa shape index (κ1) is 15.5. The number of hydrogen-bond donors (Lipinski definition) is 2. The van der Waals surface area contributed by atoms with E-state index in [1.54, 1.807) is 0 Å². The largest absolute Gasteiger partial charge is 0.352 e. The van der Waals surface area contributed by atoms with Gasteiger partial charge in [-0.2, -0.15) is 0 Å². The molecule has 21 heavy (non-hydrogen) atoms. The van der Waals surface area contributed by atoms with Crippen LogP contribution in [0.15, 0.2) is 48.5 Å². The molecule has 0 aliphatic carbocycles. The molecule has 0 spiro atoms. The van der Waals surface area contributed by atoms with Crippen LogP contribution in [0.25, 0.3) is 0 Å². The summed E-state index contributed by atoms with van der Waals surface area (Å²) in [6.07, 6.45) is 0.567. The Morgan fingerprint density at radius 3 is 2.67 bits per heavy atom. The molecule has 2 aromatic rings. The molecule has 0 heterocycles. The second kappa shape index (κ2) is 7.20. The van der Waals surface area contributed by atoms with Gasteiger partial charge in [0, 0.05) is 17.6 Å². The molecule has 0 aliphatic rings. The van der Waals surface area contributed by atoms with Crippen molar-refractivity contribution in [1.82, 2.24) is 5.32 Å². The summed E-state index contributed by atoms with van der Waals surface area (Å²) in [5, 5.41) is 2.97. The van der Waals surface area contributed by atoms with E-state index < -0.39 is 11.7 Å². The monoisotopic (exact) mass is 306 g/mol. The van der Waals surface area contributed by atoms with E-state index in [-0.39, 0.29) is 11.6 Å². The molecule has 1 unspecified atom stereocenters. The van der Waals surface area contributed by atoms with Crippen LogP contribution in [0.5, 0.6) is 0 Å². The highest BCUT2D eigenvalue weighted by atomic mass is 35.5. The molecule has 2 aromatic carbocycles. The number of carbonyl (C=O) groups is 1. The predicted octanol–water partition coefficient (Wildman–Crippen LogP) is 3.30. The quantitative estimate of drug-likeness (QED) is 0.890. The minimum absolute atomic E-state index is 0.0595. The van der Waals surface area contributed by atoms with Gasteiger partial charge in [-0.15, -0.1) is 0 Å². The molecule has 0 fully saturated rings. The Balaban J connectivity index is 1.88. The highest BCUT2D eigenvalue weighted by Gasteiger charge is 2.12. The van der Waals surface area contributed by atoms with E-state index in [9.17, 15) is 9.18 Å². The summed E-state index contributed by atoms with van der Waals surface area (Å²) in [5.74, 6) is -1.08. The number of nitrogens with one attached hydrogen (secondary N) is 1. The zero-order valence-corrected chi connectivity index (χ0v) is 12.1. The fourth-order valence-electron chi connectivity index (χ4n) is 1.97. The topological polar surface area (TPSA) is 55.1 Å². The van der Waals surface area contributed by atoms with Crippen molar-refractivity contribution in [2.45, 2.75) is 12.5 Å². The van der Waals surface area contributed by atoms with E-state index in [0.717, 1.165) is 5.56 Å². The van der Waals surface area contributed by atoms with Gasteiger partial charge in [-0.05, 0) is 30.2 Å². The first-order valence-electron chi connectivity index (χ1n) is 6.61. The molecule has 2 rings (SSSR count). The van der Waals surface area contributed by atoms with Crippen LogP contribution in [0.2, 0.25) is 5.02 Å². The maximum absolute atomic E-state index is 13.5. The molecule has 1 atom stereocenters. The second-order valence-electron chi connectivity index (χ2n) is 4.69. The maximum atomic E-state index is 13.5. The summed E-state index contributed by atoms with van der Waals surface area (Å²) in [6, 6.07) is 13.3. The van der Waals surface area contributed by atoms with E-state index in [1.165, 1.54) is 18.2 Å². The molecule has 0 saturated heterocycles. The van der Waals surface area contributed by atoms with Gasteiger partial charge < -0.3 is 11.1 Å². The molecule has 0 bridgehead atoms. The van der Waals surface area contributed by atoms with Gasteiger partial charge >= 0.3 is 0 Å². The highest BCUT2D eigenvalue weighted by Crippen LogP contribution is 2.15. The van der Waals surface area contributed by atoms with Gasteiger partial charge in [0.05, 0.1) is 5.56 Å². The van der Waals surface area contributed by atoms with Crippen LogP contribution >= 0.6 is 11.6 Å². The van der Waals surface area contributed by atoms with Crippen molar-refractivity contribution in [3.8, 4) is 0 Å². The van der Waals surface area contributed by atoms with Gasteiger partial charge in [0.1, 0.15) is 5.82 Å². The average molecular weight is 307 g/mol. The van der Waals surface area contributed by atoms with Crippen LogP contribution in [0.1, 0.15) is 28.4 Å². The lowest BCUT2D eigenvalue weighted by Crippen LogP contribution is -2.28. The van der Waals surface area contributed by atoms with Crippen molar-refractivity contribution in [3.63, 3.8) is 0 Å². The molecule has 1 amide bonds. The summed E-state index contributed by atoms with van der Waals surface area (Å²) in [7, 11) is 0. The van der Waals surface area contributed by atoms with Crippen LogP contribution in [-0.4, -0.2) is 12.5 Å². The number of nitrogens with two attached hydrogens (primary N) is 1. The van der Waals surface area contributed by atoms with E-state index >= 15 is 0 Å². The Morgan fingerprint density at radius 2 is 1.95 bits per heavy atom. The third-order valence-electron chi connectivity index (χ3n) is 3.14. The fraction of sp³-hybridized carbons (Fsp3) is 0.188. The summed E-state index contributed by atoms with van der Waals surface area (Å²) >= 11 is 5.76. The molecule has 3 N–H and O–H groups in total. The Bertz CT molecular complexity index is 619. The van der Waals surface area contributed by atoms with E-state index in [4.69, 9.17) is 17.3 Å². The lowest BCUT2D eigenvalue weighted by atomic mass is 10.0. The lowest BCUT2D eigenvalue weighted by Gasteiger charge is -2.12. The van der Waals surface area contributed by atoms with Crippen molar-refractivity contribution in [3.05, 3.63) is 70.5 Å². The van der Waals surface area contributed by atoms with Crippen LogP contribution in [0, 0.1) is 5.82 Å². The van der Waals surface area contributed by atoms with E-state index in [1.807, 2.05) is 30.3 Å². The number of rotatable bonds is 5. The summed E-state index contributed by atoms with van der Waals surface area (Å²) in [6.45, 7) is 0.362. The molecule has 0 radical (unpaired) electrons. The molecule has 0 aliphatic heterocycles. The third kappa shape index (κ3) is 4.28. The summed E-state index contributed by atoms with van der Waals surface area (Å²) in [5.41, 5.74) is 6.97. The Morgan fingerprint density at radius 1 is 1.24 bits per heavy atom. The van der Waals surface area contributed by atoms with Crippen molar-refractivity contribution < 1.29 is 9.18 Å². The number of benzene rings is 2. The average Bonchev–Trinajstić information content (AvgIpc) is 2.50. The van der Waals surface area contributed by atoms with Gasteiger partial charge in [0.15, 0.2) is 0 Å². The Hall–Kier alpha value is -1.91. The highest BCUT2D eigenvalue weighted by molar-refractivity contribution is 6.30. The van der Waals surface area contributed by atoms with Crippen molar-refractivity contribution in [2.24, 2.45) is 5.73 Å². The van der Waals surface area contributed by atoms with Gasteiger partial charge in [0.2, 0.25) is 0 Å². The van der Waals surface area contributed by atoms with Crippen molar-refractivity contribution in [1.29, 1.82) is 0 Å². The fourth-order valence-corrected chi connectivity index (χ4v) is 2.15. The first-order valence-corrected chi connectivity index (χ1v) is 6.99. The van der Waals surface area contributed by atoms with E-state index in [0.29, 0.717) is 18.0 Å². The molecule has 5 heteroatoms. The SMILES string of the molecule is NC(CCNC(=O)c1cc(Cl)ccc1F)c1ccccc1. The predicted molar refractivity (Wildman–Crippen MR) is 81.7 cm³/mol. The second-order valence-corrected chi connectivity index (χ2v) is 5.12. The van der Waals surface area contributed by atoms with Crippen molar-refractivity contribution >= 4 is 17.5 Å². The van der Waals surface area contributed by atoms with Gasteiger partial charge in [0.25, 0.3) is 5.91 Å². The zero-order valence-electron chi connectivity index (χ0n) is 11.4. The van der Waals surface area contributed by atoms with Crippen LogP contribution < -0.4 is 11.1 Å². The van der Waals surface area contributed by atoms with Gasteiger partial charge in [-0.1, -0.05) is 41.9 Å². The van der Waals surface area contributed by atoms with Crippen LogP contribution in [-0.2, 0) is 0 Å². The molecule has 110 valence electrons. The number of hydrogen-bond acceptors (Lipinski definition) is 2. The van der Waals surface area contributed by atoms with Crippen molar-refractivity contribution in [2.75, 3.05) is 6.54 Å². The smallest absolute Gasteiger partial charge is 0.254 e. The first-order chi connectivity index (χ1) is 10.1. The molecule has 0 saturated carbocycles. The number of halogens is 2. The standard InChI is InChI=1S/C16H16ClFN2O/c17-12-6-7-14(18)13(10-12)16(21)20-9-8-15(19)11-4-2-1-3-5-11/h1-7,10,15H,8-9,19H2,(H,20,21). The third-order valence-corrected chi connectivity index (χ3v) is 3.38. The minimum atomic E-state index is -0.593. The minimum Gasteiger partial charge on any atom is -0.352 e. The molecular formula is C16H16ClFN2O. The molecule has 3 nitrogen and oxygen atoms in total. The van der Waals surface area contributed by atoms with E-state index in [2.05, 4.69) is 5.32 Å². The number of amides is 1. The maximum Gasteiger partial charge on any atom is 0.254 e. The normalized spacial score (nSPS) is 12.0. The molecule has 0 aromatic heterocycles. The van der Waals surface area contributed by atoms with Gasteiger partial charge in [-0.3, -0.25) is 4.79 Å². The summed E-state index contributed by atoms with van der Waals surface area (Å²) in [4.78, 5) is 11.9. The molecular weight excluding hydrogens is 291 g/mol.